The van der Waals surface area contributed by atoms with Crippen LogP contribution in [0.15, 0.2) is 0 Å². The SMILES string of the molecule is CCCCCCCCCCCCCCOCC(CCCCCCCCOCCCCCCC)(CCC[N+](C)(C)C)CCC[N+](C)(C)C.[I-].[I-]. The third-order valence-corrected chi connectivity index (χ3v) is 10.3. The number of hydrogen-bond acceptors (Lipinski definition) is 2. The second-order valence-electron chi connectivity index (χ2n) is 17.6. The summed E-state index contributed by atoms with van der Waals surface area (Å²) in [6, 6.07) is 0. The van der Waals surface area contributed by atoms with E-state index < -0.39 is 0 Å². The number of ether oxygens (including phenoxy) is 2. The van der Waals surface area contributed by atoms with E-state index in [2.05, 4.69) is 56.1 Å². The van der Waals surface area contributed by atoms with Crippen molar-refractivity contribution in [1.29, 1.82) is 0 Å². The van der Waals surface area contributed by atoms with Crippen LogP contribution in [-0.2, 0) is 9.47 Å². The highest BCUT2D eigenvalue weighted by molar-refractivity contribution is 4.80. The van der Waals surface area contributed by atoms with Crippen molar-refractivity contribution < 1.29 is 66.4 Å². The van der Waals surface area contributed by atoms with Crippen molar-refractivity contribution in [2.45, 2.75) is 194 Å². The summed E-state index contributed by atoms with van der Waals surface area (Å²) in [5.41, 5.74) is 0.354. The number of hydrogen-bond donors (Lipinski definition) is 0. The lowest BCUT2D eigenvalue weighted by molar-refractivity contribution is -0.871. The molecule has 0 aliphatic heterocycles. The average Bonchev–Trinajstić information content (AvgIpc) is 3.00. The molecule has 0 saturated heterocycles. The normalized spacial score (nSPS) is 12.2. The molecule has 0 atom stereocenters. The fourth-order valence-corrected chi connectivity index (χ4v) is 7.10. The fourth-order valence-electron chi connectivity index (χ4n) is 7.10. The van der Waals surface area contributed by atoms with E-state index in [9.17, 15) is 0 Å². The van der Waals surface area contributed by atoms with Gasteiger partial charge in [-0.2, -0.15) is 0 Å². The molecule has 0 fully saturated rings. The maximum atomic E-state index is 6.60. The van der Waals surface area contributed by atoms with Gasteiger partial charge in [-0.25, -0.2) is 0 Å². The Kier molecular flexibility index (Phi) is 41.9. The Morgan fingerprint density at radius 3 is 0.980 bits per heavy atom. The number of quaternary nitrogens is 2. The highest BCUT2D eigenvalue weighted by atomic mass is 127. The molecule has 0 spiro atoms. The summed E-state index contributed by atoms with van der Waals surface area (Å²) in [5.74, 6) is 0. The second kappa shape index (κ2) is 37.6. The molecule has 0 saturated carbocycles. The maximum absolute atomic E-state index is 6.60. The van der Waals surface area contributed by atoms with Gasteiger partial charge < -0.3 is 66.4 Å². The Hall–Kier alpha value is 1.30. The van der Waals surface area contributed by atoms with Gasteiger partial charge >= 0.3 is 0 Å². The summed E-state index contributed by atoms with van der Waals surface area (Å²) < 4.78 is 14.6. The number of nitrogens with zero attached hydrogens (tertiary/aromatic N) is 2. The zero-order valence-corrected chi connectivity index (χ0v) is 39.3. The minimum Gasteiger partial charge on any atom is -1.00 e. The summed E-state index contributed by atoms with van der Waals surface area (Å²) in [5, 5.41) is 0. The third kappa shape index (κ3) is 41.9. The Morgan fingerprint density at radius 2 is 0.633 bits per heavy atom. The quantitative estimate of drug-likeness (QED) is 0.0407. The average molecular weight is 923 g/mol. The number of halogens is 2. The summed E-state index contributed by atoms with van der Waals surface area (Å²) >= 11 is 0. The van der Waals surface area contributed by atoms with E-state index >= 15 is 0 Å². The summed E-state index contributed by atoms with van der Waals surface area (Å²) in [4.78, 5) is 0. The predicted octanol–water partition coefficient (Wildman–Crippen LogP) is 6.39. The van der Waals surface area contributed by atoms with Gasteiger partial charge in [0.1, 0.15) is 0 Å². The zero-order chi connectivity index (χ0) is 35.0. The van der Waals surface area contributed by atoms with E-state index in [1.54, 1.807) is 0 Å². The summed E-state index contributed by atoms with van der Waals surface area (Å²) in [7, 11) is 14.1. The molecule has 0 N–H and O–H groups in total. The van der Waals surface area contributed by atoms with E-state index in [1.165, 1.54) is 193 Å². The molecule has 0 aromatic carbocycles. The molecule has 4 nitrogen and oxygen atoms in total. The van der Waals surface area contributed by atoms with Crippen LogP contribution in [0.25, 0.3) is 0 Å². The van der Waals surface area contributed by atoms with Gasteiger partial charge in [-0.1, -0.05) is 142 Å². The van der Waals surface area contributed by atoms with Gasteiger partial charge in [0.05, 0.1) is 62.0 Å². The minimum absolute atomic E-state index is 0. The number of rotatable bonds is 38. The van der Waals surface area contributed by atoms with Crippen LogP contribution in [0.5, 0.6) is 0 Å². The third-order valence-electron chi connectivity index (χ3n) is 10.3. The lowest BCUT2D eigenvalue weighted by Gasteiger charge is -2.36. The molecular formula is C43H92I2N2O2. The van der Waals surface area contributed by atoms with Crippen molar-refractivity contribution in [2.75, 3.05) is 81.8 Å². The van der Waals surface area contributed by atoms with Crippen LogP contribution in [0, 0.1) is 5.41 Å². The van der Waals surface area contributed by atoms with E-state index in [4.69, 9.17) is 9.47 Å². The van der Waals surface area contributed by atoms with Crippen LogP contribution in [0.1, 0.15) is 194 Å². The van der Waals surface area contributed by atoms with Gasteiger partial charge in [-0.3, -0.25) is 0 Å². The molecule has 0 aromatic heterocycles. The topological polar surface area (TPSA) is 18.5 Å². The van der Waals surface area contributed by atoms with Crippen LogP contribution in [0.4, 0.5) is 0 Å². The Bertz CT molecular complexity index is 582. The van der Waals surface area contributed by atoms with Crippen LogP contribution in [-0.4, -0.2) is 90.8 Å². The standard InChI is InChI=1S/C43H92N2O2.2HI/c1-9-11-13-15-16-17-18-19-20-22-27-31-41-47-42-43(35-32-37-44(3,4)5,36-33-38-45(6,7)8)34-28-24-21-23-26-30-40-46-39-29-25-14-12-10-2;;/h9-42H2,1-8H3;2*1H/q+2;;/p-2. The first-order valence-electron chi connectivity index (χ1n) is 21.3. The Morgan fingerprint density at radius 1 is 0.347 bits per heavy atom. The molecule has 0 rings (SSSR count). The van der Waals surface area contributed by atoms with Crippen molar-refractivity contribution in [1.82, 2.24) is 0 Å². The molecule has 6 heteroatoms. The van der Waals surface area contributed by atoms with E-state index in [0.717, 1.165) is 35.4 Å². The highest BCUT2D eigenvalue weighted by Crippen LogP contribution is 2.37. The van der Waals surface area contributed by atoms with Gasteiger partial charge in [-0.15, -0.1) is 0 Å². The molecule has 0 aliphatic rings. The maximum Gasteiger partial charge on any atom is 0.0780 e. The number of unbranched alkanes of at least 4 members (excludes halogenated alkanes) is 20. The zero-order valence-electron chi connectivity index (χ0n) is 35.0. The van der Waals surface area contributed by atoms with Gasteiger partial charge in [0, 0.05) is 19.8 Å². The van der Waals surface area contributed by atoms with Crippen molar-refractivity contribution >= 4 is 0 Å². The smallest absolute Gasteiger partial charge is 0.0780 e. The first-order valence-corrected chi connectivity index (χ1v) is 21.3. The van der Waals surface area contributed by atoms with E-state index in [1.807, 2.05) is 0 Å². The minimum atomic E-state index is 0. The van der Waals surface area contributed by atoms with Crippen molar-refractivity contribution in [3.63, 3.8) is 0 Å². The molecule has 0 amide bonds. The van der Waals surface area contributed by atoms with E-state index in [0.29, 0.717) is 5.41 Å². The van der Waals surface area contributed by atoms with Crippen LogP contribution in [0.3, 0.4) is 0 Å². The fraction of sp³-hybridized carbons (Fsp3) is 1.00. The van der Waals surface area contributed by atoms with Gasteiger partial charge in [0.25, 0.3) is 0 Å². The highest BCUT2D eigenvalue weighted by Gasteiger charge is 2.31. The molecule has 0 aliphatic carbocycles. The summed E-state index contributed by atoms with van der Waals surface area (Å²) in [6.45, 7) is 11.0. The second-order valence-corrected chi connectivity index (χ2v) is 17.6. The predicted molar refractivity (Wildman–Crippen MR) is 210 cm³/mol. The summed E-state index contributed by atoms with van der Waals surface area (Å²) in [6.07, 6.45) is 38.2. The van der Waals surface area contributed by atoms with E-state index in [-0.39, 0.29) is 48.0 Å². The van der Waals surface area contributed by atoms with Crippen LogP contribution >= 0.6 is 0 Å². The Balaban J connectivity index is -0.0000106. The van der Waals surface area contributed by atoms with Crippen molar-refractivity contribution in [3.8, 4) is 0 Å². The largest absolute Gasteiger partial charge is 1.00 e. The van der Waals surface area contributed by atoms with Crippen LogP contribution < -0.4 is 48.0 Å². The van der Waals surface area contributed by atoms with Crippen LogP contribution in [0.2, 0.25) is 0 Å². The Labute approximate surface area is 345 Å². The van der Waals surface area contributed by atoms with Crippen molar-refractivity contribution in [2.24, 2.45) is 5.41 Å². The lowest BCUT2D eigenvalue weighted by atomic mass is 9.75. The molecule has 300 valence electrons. The molecule has 0 aromatic rings. The molecular weight excluding hydrogens is 830 g/mol. The van der Waals surface area contributed by atoms with Gasteiger partial charge in [-0.05, 0) is 56.8 Å². The molecule has 0 radical (unpaired) electrons. The molecule has 0 unspecified atom stereocenters. The molecule has 49 heavy (non-hydrogen) atoms. The van der Waals surface area contributed by atoms with Gasteiger partial charge in [0.15, 0.2) is 0 Å². The van der Waals surface area contributed by atoms with Crippen molar-refractivity contribution in [3.05, 3.63) is 0 Å². The van der Waals surface area contributed by atoms with Gasteiger partial charge in [0.2, 0.25) is 0 Å². The molecule has 0 heterocycles. The lowest BCUT2D eigenvalue weighted by Crippen LogP contribution is -3.00. The first kappa shape index (κ1) is 54.6. The monoisotopic (exact) mass is 923 g/mol. The molecule has 0 bridgehead atoms. The first-order chi connectivity index (χ1) is 22.5.